The number of anilines is 1. The third kappa shape index (κ3) is 4.26. The Morgan fingerprint density at radius 1 is 1.00 bits per heavy atom. The van der Waals surface area contributed by atoms with E-state index in [9.17, 15) is 9.59 Å². The molecule has 0 radical (unpaired) electrons. The Bertz CT molecular complexity index is 1040. The van der Waals surface area contributed by atoms with Crippen LogP contribution in [0.25, 0.3) is 5.69 Å². The van der Waals surface area contributed by atoms with Gasteiger partial charge in [0.25, 0.3) is 11.8 Å². The molecule has 0 aliphatic heterocycles. The molecule has 30 heavy (non-hydrogen) atoms. The number of benzene rings is 2. The van der Waals surface area contributed by atoms with Crippen molar-refractivity contribution in [2.24, 2.45) is 0 Å². The number of rotatable bonds is 6. The number of hydrogen-bond donors (Lipinski definition) is 2. The number of para-hydroxylation sites is 2. The van der Waals surface area contributed by atoms with Gasteiger partial charge in [-0.3, -0.25) is 14.2 Å². The lowest BCUT2D eigenvalue weighted by Crippen LogP contribution is -2.33. The summed E-state index contributed by atoms with van der Waals surface area (Å²) in [6, 6.07) is 16.9. The van der Waals surface area contributed by atoms with Gasteiger partial charge in [-0.25, -0.2) is 4.98 Å². The summed E-state index contributed by atoms with van der Waals surface area (Å²) in [5.41, 5.74) is 2.23. The van der Waals surface area contributed by atoms with Crippen LogP contribution in [-0.4, -0.2) is 33.7 Å². The highest BCUT2D eigenvalue weighted by molar-refractivity contribution is 7.98. The predicted molar refractivity (Wildman–Crippen MR) is 119 cm³/mol. The maximum Gasteiger partial charge on any atom is 0.274 e. The molecule has 154 valence electrons. The van der Waals surface area contributed by atoms with Gasteiger partial charge in [-0.15, -0.1) is 0 Å². The Labute approximate surface area is 180 Å². The smallest absolute Gasteiger partial charge is 0.274 e. The Balaban J connectivity index is 1.60. The van der Waals surface area contributed by atoms with Crippen molar-refractivity contribution in [1.82, 2.24) is 14.9 Å². The first-order valence-electron chi connectivity index (χ1n) is 10.1. The van der Waals surface area contributed by atoms with E-state index >= 15 is 0 Å². The minimum Gasteiger partial charge on any atom is -0.349 e. The fraction of sp³-hybridized carbons (Fsp3) is 0.261. The van der Waals surface area contributed by atoms with Crippen molar-refractivity contribution in [3.05, 3.63) is 72.1 Å². The highest BCUT2D eigenvalue weighted by Gasteiger charge is 2.22. The van der Waals surface area contributed by atoms with Gasteiger partial charge in [0.1, 0.15) is 5.69 Å². The van der Waals surface area contributed by atoms with Crippen LogP contribution in [0.1, 0.15) is 46.5 Å². The summed E-state index contributed by atoms with van der Waals surface area (Å²) < 4.78 is 1.82. The average Bonchev–Trinajstić information content (AvgIpc) is 3.44. The number of imidazole rings is 1. The van der Waals surface area contributed by atoms with Gasteiger partial charge in [0, 0.05) is 11.7 Å². The van der Waals surface area contributed by atoms with Crippen molar-refractivity contribution in [3.8, 4) is 5.69 Å². The molecular formula is C23H24N4O2S. The fourth-order valence-electron chi connectivity index (χ4n) is 3.78. The number of amides is 2. The average molecular weight is 421 g/mol. The summed E-state index contributed by atoms with van der Waals surface area (Å²) >= 11 is 1.47. The Morgan fingerprint density at radius 2 is 1.70 bits per heavy atom. The quantitative estimate of drug-likeness (QED) is 0.575. The van der Waals surface area contributed by atoms with Crippen molar-refractivity contribution in [3.63, 3.8) is 0 Å². The topological polar surface area (TPSA) is 76.0 Å². The predicted octanol–water partition coefficient (Wildman–Crippen LogP) is 4.52. The largest absolute Gasteiger partial charge is 0.349 e. The lowest BCUT2D eigenvalue weighted by Gasteiger charge is -2.15. The second-order valence-electron chi connectivity index (χ2n) is 7.26. The Hall–Kier alpha value is -3.06. The summed E-state index contributed by atoms with van der Waals surface area (Å²) in [4.78, 5) is 30.3. The molecule has 3 aromatic rings. The van der Waals surface area contributed by atoms with Gasteiger partial charge in [-0.05, 0) is 43.4 Å². The zero-order chi connectivity index (χ0) is 20.9. The molecule has 6 nitrogen and oxygen atoms in total. The lowest BCUT2D eigenvalue weighted by molar-refractivity contribution is 0.0939. The summed E-state index contributed by atoms with van der Waals surface area (Å²) in [6.07, 6.45) is 7.79. The van der Waals surface area contributed by atoms with Gasteiger partial charge >= 0.3 is 0 Å². The van der Waals surface area contributed by atoms with Crippen molar-refractivity contribution in [2.45, 2.75) is 36.9 Å². The lowest BCUT2D eigenvalue weighted by atomic mass is 10.1. The van der Waals surface area contributed by atoms with Crippen LogP contribution in [0.15, 0.2) is 66.0 Å². The Morgan fingerprint density at radius 3 is 2.43 bits per heavy atom. The van der Waals surface area contributed by atoms with E-state index in [2.05, 4.69) is 15.6 Å². The van der Waals surface area contributed by atoms with Crippen molar-refractivity contribution >= 4 is 29.3 Å². The number of carbonyl (C=O) groups excluding carboxylic acids is 2. The molecule has 0 saturated heterocycles. The van der Waals surface area contributed by atoms with Crippen LogP contribution in [0.3, 0.4) is 0 Å². The molecule has 1 aliphatic rings. The second-order valence-corrected chi connectivity index (χ2v) is 8.03. The minimum atomic E-state index is -0.312. The molecule has 2 amide bonds. The van der Waals surface area contributed by atoms with E-state index in [1.54, 1.807) is 24.4 Å². The Kier molecular flexibility index (Phi) is 6.18. The fourth-order valence-corrected chi connectivity index (χ4v) is 4.32. The molecule has 1 heterocycles. The molecule has 2 N–H and O–H groups in total. The maximum absolute atomic E-state index is 13.1. The molecule has 1 aromatic heterocycles. The van der Waals surface area contributed by atoms with E-state index < -0.39 is 0 Å². The molecule has 1 fully saturated rings. The van der Waals surface area contributed by atoms with E-state index in [1.807, 2.05) is 47.2 Å². The van der Waals surface area contributed by atoms with Gasteiger partial charge in [-0.1, -0.05) is 54.9 Å². The van der Waals surface area contributed by atoms with Gasteiger partial charge in [0.2, 0.25) is 0 Å². The van der Waals surface area contributed by atoms with E-state index in [-0.39, 0.29) is 17.9 Å². The van der Waals surface area contributed by atoms with Crippen LogP contribution in [0, 0.1) is 0 Å². The van der Waals surface area contributed by atoms with E-state index in [0.717, 1.165) is 36.5 Å². The van der Waals surface area contributed by atoms with Crippen LogP contribution in [0.2, 0.25) is 0 Å². The maximum atomic E-state index is 13.1. The van der Waals surface area contributed by atoms with Crippen molar-refractivity contribution < 1.29 is 9.59 Å². The summed E-state index contributed by atoms with van der Waals surface area (Å²) in [7, 11) is 0. The van der Waals surface area contributed by atoms with E-state index in [4.69, 9.17) is 0 Å². The van der Waals surface area contributed by atoms with E-state index in [1.165, 1.54) is 11.8 Å². The summed E-state index contributed by atoms with van der Waals surface area (Å²) in [5, 5.41) is 6.72. The SMILES string of the molecule is CSc1ncc(C(=O)Nc2ccccc2C(=O)NC2CCCC2)n1-c1ccccc1. The van der Waals surface area contributed by atoms with Crippen LogP contribution in [0.4, 0.5) is 5.69 Å². The molecule has 1 saturated carbocycles. The number of nitrogens with zero attached hydrogens (tertiary/aromatic N) is 2. The van der Waals surface area contributed by atoms with Gasteiger partial charge in [-0.2, -0.15) is 0 Å². The van der Waals surface area contributed by atoms with Crippen LogP contribution >= 0.6 is 11.8 Å². The third-order valence-corrected chi connectivity index (χ3v) is 5.92. The van der Waals surface area contributed by atoms with Gasteiger partial charge < -0.3 is 10.6 Å². The minimum absolute atomic E-state index is 0.154. The molecule has 0 bridgehead atoms. The first-order chi connectivity index (χ1) is 14.7. The van der Waals surface area contributed by atoms with Crippen molar-refractivity contribution in [1.29, 1.82) is 0 Å². The highest BCUT2D eigenvalue weighted by atomic mass is 32.2. The number of thioether (sulfide) groups is 1. The monoisotopic (exact) mass is 420 g/mol. The van der Waals surface area contributed by atoms with Crippen molar-refractivity contribution in [2.75, 3.05) is 11.6 Å². The first-order valence-corrected chi connectivity index (χ1v) is 11.3. The molecular weight excluding hydrogens is 396 g/mol. The van der Waals surface area contributed by atoms with Gasteiger partial charge in [0.15, 0.2) is 5.16 Å². The van der Waals surface area contributed by atoms with Crippen LogP contribution < -0.4 is 10.6 Å². The normalized spacial score (nSPS) is 13.9. The van der Waals surface area contributed by atoms with Crippen LogP contribution in [0.5, 0.6) is 0 Å². The molecule has 4 rings (SSSR count). The van der Waals surface area contributed by atoms with Crippen LogP contribution in [-0.2, 0) is 0 Å². The standard InChI is InChI=1S/C23H24N4O2S/c1-30-23-24-15-20(27(23)17-11-3-2-4-12-17)22(29)26-19-14-8-7-13-18(19)21(28)25-16-9-5-6-10-16/h2-4,7-8,11-16H,5-6,9-10H2,1H3,(H,25,28)(H,26,29). The molecule has 1 aliphatic carbocycles. The number of aromatic nitrogens is 2. The summed E-state index contributed by atoms with van der Waals surface area (Å²) in [5.74, 6) is -0.466. The molecule has 0 atom stereocenters. The first kappa shape index (κ1) is 20.2. The van der Waals surface area contributed by atoms with E-state index in [0.29, 0.717) is 16.9 Å². The molecule has 0 spiro atoms. The highest BCUT2D eigenvalue weighted by Crippen LogP contribution is 2.24. The number of hydrogen-bond acceptors (Lipinski definition) is 4. The van der Waals surface area contributed by atoms with Gasteiger partial charge in [0.05, 0.1) is 17.4 Å². The molecule has 7 heteroatoms. The molecule has 2 aromatic carbocycles. The third-order valence-electron chi connectivity index (χ3n) is 5.27. The zero-order valence-corrected chi connectivity index (χ0v) is 17.6. The number of nitrogens with one attached hydrogen (secondary N) is 2. The number of carbonyl (C=O) groups is 2. The molecule has 0 unspecified atom stereocenters. The summed E-state index contributed by atoms with van der Waals surface area (Å²) in [6.45, 7) is 0. The zero-order valence-electron chi connectivity index (χ0n) is 16.8. The second kappa shape index (κ2) is 9.17.